The van der Waals surface area contributed by atoms with Crippen molar-refractivity contribution in [3.8, 4) is 12.3 Å². The Labute approximate surface area is 133 Å². The Hall–Kier alpha value is -1.22. The molecule has 2 N–H and O–H groups in total. The Morgan fingerprint density at radius 2 is 2.16 bits per heavy atom. The molecule has 0 saturated heterocycles. The van der Waals surface area contributed by atoms with E-state index in [2.05, 4.69) is 52.7 Å². The standard InChI is InChI=1S/C15H21N3.HI/c1-4-10-17-15(16-5-2)18-11-9-14-8-6-7-13(3)12-14;/h1,6-8,12H,5,9-11H2,2-3H3,(H2,16,17,18);1H. The molecule has 0 spiro atoms. The van der Waals surface area contributed by atoms with Gasteiger partial charge in [0.15, 0.2) is 5.96 Å². The molecule has 0 amide bonds. The number of nitrogens with zero attached hydrogens (tertiary/aromatic N) is 1. The average molecular weight is 371 g/mol. The van der Waals surface area contributed by atoms with Crippen LogP contribution in [0.15, 0.2) is 29.3 Å². The number of benzene rings is 1. The number of hydrogen-bond acceptors (Lipinski definition) is 1. The van der Waals surface area contributed by atoms with Crippen LogP contribution >= 0.6 is 24.0 Å². The molecule has 0 aliphatic heterocycles. The summed E-state index contributed by atoms with van der Waals surface area (Å²) in [6.45, 7) is 6.22. The van der Waals surface area contributed by atoms with Gasteiger partial charge in [-0.15, -0.1) is 30.4 Å². The highest BCUT2D eigenvalue weighted by molar-refractivity contribution is 14.0. The second kappa shape index (κ2) is 10.7. The number of aryl methyl sites for hydroxylation is 1. The molecule has 0 saturated carbocycles. The summed E-state index contributed by atoms with van der Waals surface area (Å²) < 4.78 is 0. The Morgan fingerprint density at radius 3 is 2.79 bits per heavy atom. The van der Waals surface area contributed by atoms with Gasteiger partial charge in [0, 0.05) is 13.1 Å². The topological polar surface area (TPSA) is 36.4 Å². The van der Waals surface area contributed by atoms with Crippen LogP contribution in [-0.4, -0.2) is 25.6 Å². The van der Waals surface area contributed by atoms with Crippen LogP contribution < -0.4 is 10.6 Å². The molecular weight excluding hydrogens is 349 g/mol. The highest BCUT2D eigenvalue weighted by atomic mass is 127. The number of halogens is 1. The first-order valence-corrected chi connectivity index (χ1v) is 6.27. The first kappa shape index (κ1) is 17.8. The summed E-state index contributed by atoms with van der Waals surface area (Å²) in [5.74, 6) is 3.32. The first-order chi connectivity index (χ1) is 8.76. The van der Waals surface area contributed by atoms with Gasteiger partial charge in [0.25, 0.3) is 0 Å². The third kappa shape index (κ3) is 7.73. The zero-order valence-corrected chi connectivity index (χ0v) is 13.9. The number of nitrogens with one attached hydrogen (secondary N) is 2. The molecule has 1 rings (SSSR count). The molecule has 3 nitrogen and oxygen atoms in total. The van der Waals surface area contributed by atoms with E-state index in [-0.39, 0.29) is 24.0 Å². The van der Waals surface area contributed by atoms with E-state index in [9.17, 15) is 0 Å². The molecule has 1 aromatic carbocycles. The lowest BCUT2D eigenvalue weighted by Gasteiger charge is -2.08. The summed E-state index contributed by atoms with van der Waals surface area (Å²) in [5, 5.41) is 6.23. The van der Waals surface area contributed by atoms with Gasteiger partial charge in [0.1, 0.15) is 0 Å². The fourth-order valence-corrected chi connectivity index (χ4v) is 1.64. The summed E-state index contributed by atoms with van der Waals surface area (Å²) >= 11 is 0. The second-order valence-electron chi connectivity index (χ2n) is 4.06. The fraction of sp³-hybridized carbons (Fsp3) is 0.400. The van der Waals surface area contributed by atoms with Crippen molar-refractivity contribution < 1.29 is 0 Å². The molecule has 0 unspecified atom stereocenters. The van der Waals surface area contributed by atoms with Crippen molar-refractivity contribution in [2.45, 2.75) is 20.3 Å². The summed E-state index contributed by atoms with van der Waals surface area (Å²) in [5.41, 5.74) is 2.60. The Kier molecular flexibility index (Phi) is 9.99. The van der Waals surface area contributed by atoms with Gasteiger partial charge in [0.2, 0.25) is 0 Å². The quantitative estimate of drug-likeness (QED) is 0.361. The first-order valence-electron chi connectivity index (χ1n) is 6.27. The van der Waals surface area contributed by atoms with Gasteiger partial charge in [-0.2, -0.15) is 0 Å². The maximum atomic E-state index is 5.21. The van der Waals surface area contributed by atoms with Gasteiger partial charge in [0.05, 0.1) is 6.54 Å². The maximum Gasteiger partial charge on any atom is 0.192 e. The van der Waals surface area contributed by atoms with E-state index in [0.717, 1.165) is 25.5 Å². The molecule has 0 radical (unpaired) electrons. The van der Waals surface area contributed by atoms with Crippen LogP contribution in [0.25, 0.3) is 0 Å². The zero-order valence-electron chi connectivity index (χ0n) is 11.6. The number of hydrogen-bond donors (Lipinski definition) is 2. The lowest BCUT2D eigenvalue weighted by atomic mass is 10.1. The zero-order chi connectivity index (χ0) is 13.2. The highest BCUT2D eigenvalue weighted by Gasteiger charge is 1.96. The van der Waals surface area contributed by atoms with E-state index in [1.54, 1.807) is 0 Å². The maximum absolute atomic E-state index is 5.21. The Bertz CT molecular complexity index is 435. The van der Waals surface area contributed by atoms with Crippen molar-refractivity contribution in [3.63, 3.8) is 0 Å². The molecule has 0 atom stereocenters. The van der Waals surface area contributed by atoms with Crippen molar-refractivity contribution in [3.05, 3.63) is 35.4 Å². The summed E-state index contributed by atoms with van der Waals surface area (Å²) in [7, 11) is 0. The van der Waals surface area contributed by atoms with E-state index in [0.29, 0.717) is 6.54 Å². The Morgan fingerprint density at radius 1 is 1.37 bits per heavy atom. The van der Waals surface area contributed by atoms with Crippen molar-refractivity contribution in [1.29, 1.82) is 0 Å². The van der Waals surface area contributed by atoms with Gasteiger partial charge < -0.3 is 10.6 Å². The Balaban J connectivity index is 0.00000324. The average Bonchev–Trinajstić information content (AvgIpc) is 2.36. The third-order valence-electron chi connectivity index (χ3n) is 2.45. The normalized spacial score (nSPS) is 10.3. The predicted octanol–water partition coefficient (Wildman–Crippen LogP) is 2.34. The summed E-state index contributed by atoms with van der Waals surface area (Å²) in [4.78, 5) is 4.47. The van der Waals surface area contributed by atoms with Crippen LogP contribution in [0.2, 0.25) is 0 Å². The van der Waals surface area contributed by atoms with Crippen LogP contribution in [0.5, 0.6) is 0 Å². The molecule has 0 heterocycles. The molecule has 0 fully saturated rings. The lowest BCUT2D eigenvalue weighted by Crippen LogP contribution is -2.37. The van der Waals surface area contributed by atoms with E-state index in [1.165, 1.54) is 11.1 Å². The highest BCUT2D eigenvalue weighted by Crippen LogP contribution is 2.04. The smallest absolute Gasteiger partial charge is 0.192 e. The fourth-order valence-electron chi connectivity index (χ4n) is 1.64. The molecule has 4 heteroatoms. The van der Waals surface area contributed by atoms with Crippen LogP contribution in [0.1, 0.15) is 18.1 Å². The van der Waals surface area contributed by atoms with Gasteiger partial charge in [-0.05, 0) is 25.8 Å². The van der Waals surface area contributed by atoms with Gasteiger partial charge >= 0.3 is 0 Å². The number of guanidine groups is 1. The lowest BCUT2D eigenvalue weighted by molar-refractivity contribution is 0.855. The number of rotatable bonds is 5. The largest absolute Gasteiger partial charge is 0.357 e. The van der Waals surface area contributed by atoms with Gasteiger partial charge in [-0.25, -0.2) is 0 Å². The van der Waals surface area contributed by atoms with Crippen LogP contribution in [0, 0.1) is 19.3 Å². The summed E-state index contributed by atoms with van der Waals surface area (Å²) in [6.07, 6.45) is 6.15. The number of aliphatic imine (C=N–C) groups is 1. The van der Waals surface area contributed by atoms with E-state index in [4.69, 9.17) is 6.42 Å². The molecule has 0 bridgehead atoms. The molecule has 0 aromatic heterocycles. The van der Waals surface area contributed by atoms with Crippen molar-refractivity contribution >= 4 is 29.9 Å². The van der Waals surface area contributed by atoms with Crippen molar-refractivity contribution in [2.24, 2.45) is 4.99 Å². The van der Waals surface area contributed by atoms with Crippen molar-refractivity contribution in [1.82, 2.24) is 10.6 Å². The van der Waals surface area contributed by atoms with E-state index in [1.807, 2.05) is 6.92 Å². The molecule has 104 valence electrons. The minimum absolute atomic E-state index is 0. The van der Waals surface area contributed by atoms with Crippen molar-refractivity contribution in [2.75, 3.05) is 19.6 Å². The van der Waals surface area contributed by atoms with Gasteiger partial charge in [-0.3, -0.25) is 4.99 Å². The molecule has 0 aliphatic carbocycles. The van der Waals surface area contributed by atoms with Gasteiger partial charge in [-0.1, -0.05) is 35.7 Å². The summed E-state index contributed by atoms with van der Waals surface area (Å²) in [6, 6.07) is 8.50. The van der Waals surface area contributed by atoms with E-state index < -0.39 is 0 Å². The minimum atomic E-state index is 0. The van der Waals surface area contributed by atoms with Crippen LogP contribution in [0.4, 0.5) is 0 Å². The molecule has 1 aromatic rings. The second-order valence-corrected chi connectivity index (χ2v) is 4.06. The minimum Gasteiger partial charge on any atom is -0.357 e. The predicted molar refractivity (Wildman–Crippen MR) is 93.1 cm³/mol. The molecule has 19 heavy (non-hydrogen) atoms. The molecule has 0 aliphatic rings. The van der Waals surface area contributed by atoms with Crippen LogP contribution in [-0.2, 0) is 6.42 Å². The number of terminal acetylenes is 1. The SMILES string of the molecule is C#CCNC(=NCCc1cccc(C)c1)NCC.I. The molecular formula is C15H22IN3. The van der Waals surface area contributed by atoms with Crippen LogP contribution in [0.3, 0.4) is 0 Å². The van der Waals surface area contributed by atoms with E-state index >= 15 is 0 Å². The third-order valence-corrected chi connectivity index (χ3v) is 2.45. The monoisotopic (exact) mass is 371 g/mol.